The standard InChI is InChI=1S/C4H10N2O2.2ClH/c1-2(5)3(6)4(7)8;;/h2-3H,5-6H2,1H3,(H,7,8);2*1H/t2-,3-;;/m0../s1. The molecule has 0 saturated heterocycles. The lowest BCUT2D eigenvalue weighted by atomic mass is 10.2. The number of nitrogens with two attached hydrogens (primary N) is 2. The van der Waals surface area contributed by atoms with Crippen LogP contribution >= 0.6 is 24.8 Å². The van der Waals surface area contributed by atoms with Crippen LogP contribution < -0.4 is 11.5 Å². The van der Waals surface area contributed by atoms with E-state index in [-0.39, 0.29) is 24.8 Å². The van der Waals surface area contributed by atoms with Crippen molar-refractivity contribution >= 4 is 30.8 Å². The normalized spacial score (nSPS) is 13.9. The molecule has 0 aliphatic heterocycles. The summed E-state index contributed by atoms with van der Waals surface area (Å²) in [6, 6.07) is -1.41. The molecule has 0 unspecified atom stereocenters. The van der Waals surface area contributed by atoms with Crippen LogP contribution in [0.4, 0.5) is 0 Å². The Labute approximate surface area is 71.8 Å². The van der Waals surface area contributed by atoms with Gasteiger partial charge in [0.15, 0.2) is 0 Å². The first-order valence-corrected chi connectivity index (χ1v) is 2.29. The molecule has 0 spiro atoms. The summed E-state index contributed by atoms with van der Waals surface area (Å²) in [7, 11) is 0. The zero-order valence-electron chi connectivity index (χ0n) is 5.48. The van der Waals surface area contributed by atoms with Crippen LogP contribution in [0.15, 0.2) is 0 Å². The molecule has 64 valence electrons. The summed E-state index contributed by atoms with van der Waals surface area (Å²) >= 11 is 0. The van der Waals surface area contributed by atoms with E-state index >= 15 is 0 Å². The maximum Gasteiger partial charge on any atom is 0.322 e. The first kappa shape index (κ1) is 16.5. The summed E-state index contributed by atoms with van der Waals surface area (Å²) in [5.74, 6) is -1.06. The Kier molecular flexibility index (Phi) is 11.7. The molecule has 0 saturated carbocycles. The SMILES string of the molecule is C[C@H](N)[C@H](N)C(=O)O.Cl.Cl. The van der Waals surface area contributed by atoms with Crippen molar-refractivity contribution in [2.24, 2.45) is 11.5 Å². The highest BCUT2D eigenvalue weighted by Crippen LogP contribution is 1.82. The topological polar surface area (TPSA) is 89.3 Å². The lowest BCUT2D eigenvalue weighted by Crippen LogP contribution is -2.44. The Morgan fingerprint density at radius 2 is 1.70 bits per heavy atom. The Bertz CT molecular complexity index is 99.3. The van der Waals surface area contributed by atoms with Crippen molar-refractivity contribution in [1.29, 1.82) is 0 Å². The minimum Gasteiger partial charge on any atom is -0.480 e. The van der Waals surface area contributed by atoms with Crippen LogP contribution in [0.3, 0.4) is 0 Å². The summed E-state index contributed by atoms with van der Waals surface area (Å²) in [6.45, 7) is 1.55. The molecular formula is C4H12Cl2N2O2. The summed E-state index contributed by atoms with van der Waals surface area (Å²) < 4.78 is 0. The maximum absolute atomic E-state index is 9.94. The van der Waals surface area contributed by atoms with Gasteiger partial charge in [-0.1, -0.05) is 0 Å². The van der Waals surface area contributed by atoms with Crippen molar-refractivity contribution in [3.8, 4) is 0 Å². The van der Waals surface area contributed by atoms with Crippen LogP contribution in [0.2, 0.25) is 0 Å². The van der Waals surface area contributed by atoms with Crippen molar-refractivity contribution in [3.05, 3.63) is 0 Å². The smallest absolute Gasteiger partial charge is 0.322 e. The molecule has 0 aliphatic rings. The maximum atomic E-state index is 9.94. The van der Waals surface area contributed by atoms with Crippen molar-refractivity contribution in [3.63, 3.8) is 0 Å². The van der Waals surface area contributed by atoms with Crippen LogP contribution in [0, 0.1) is 0 Å². The van der Waals surface area contributed by atoms with Gasteiger partial charge < -0.3 is 16.6 Å². The summed E-state index contributed by atoms with van der Waals surface area (Å²) in [4.78, 5) is 9.94. The fourth-order valence-corrected chi connectivity index (χ4v) is 0.225. The molecule has 6 heteroatoms. The van der Waals surface area contributed by atoms with Gasteiger partial charge in [-0.15, -0.1) is 24.8 Å². The van der Waals surface area contributed by atoms with E-state index in [0.29, 0.717) is 0 Å². The number of halogens is 2. The van der Waals surface area contributed by atoms with Crippen molar-refractivity contribution in [2.75, 3.05) is 0 Å². The highest BCUT2D eigenvalue weighted by Gasteiger charge is 2.14. The fourth-order valence-electron chi connectivity index (χ4n) is 0.225. The van der Waals surface area contributed by atoms with Crippen LogP contribution in [0.5, 0.6) is 0 Å². The van der Waals surface area contributed by atoms with Gasteiger partial charge in [0.2, 0.25) is 0 Å². The molecule has 0 aromatic rings. The van der Waals surface area contributed by atoms with Gasteiger partial charge in [0.25, 0.3) is 0 Å². The summed E-state index contributed by atoms with van der Waals surface area (Å²) in [5.41, 5.74) is 10.2. The Balaban J connectivity index is -0.000000245. The third-order valence-corrected chi connectivity index (χ3v) is 0.852. The van der Waals surface area contributed by atoms with E-state index in [2.05, 4.69) is 0 Å². The van der Waals surface area contributed by atoms with Gasteiger partial charge in [0, 0.05) is 6.04 Å². The predicted octanol–water partition coefficient (Wildman–Crippen LogP) is -0.411. The molecule has 10 heavy (non-hydrogen) atoms. The first-order valence-electron chi connectivity index (χ1n) is 2.29. The molecule has 2 atom stereocenters. The van der Waals surface area contributed by atoms with Crippen LogP contribution in [-0.4, -0.2) is 23.2 Å². The molecule has 0 aromatic carbocycles. The second-order valence-corrected chi connectivity index (χ2v) is 1.72. The largest absolute Gasteiger partial charge is 0.480 e. The Morgan fingerprint density at radius 3 is 1.70 bits per heavy atom. The van der Waals surface area contributed by atoms with Crippen LogP contribution in [0.1, 0.15) is 6.92 Å². The van der Waals surface area contributed by atoms with E-state index in [9.17, 15) is 4.79 Å². The van der Waals surface area contributed by atoms with Crippen LogP contribution in [-0.2, 0) is 4.79 Å². The van der Waals surface area contributed by atoms with Crippen molar-refractivity contribution in [1.82, 2.24) is 0 Å². The molecule has 5 N–H and O–H groups in total. The number of carboxylic acid groups (broad SMARTS) is 1. The molecule has 0 aromatic heterocycles. The second-order valence-electron chi connectivity index (χ2n) is 1.72. The molecule has 4 nitrogen and oxygen atoms in total. The Morgan fingerprint density at radius 1 is 1.40 bits per heavy atom. The lowest BCUT2D eigenvalue weighted by molar-refractivity contribution is -0.138. The van der Waals surface area contributed by atoms with E-state index in [0.717, 1.165) is 0 Å². The minimum atomic E-state index is -1.06. The number of rotatable bonds is 2. The zero-order chi connectivity index (χ0) is 6.73. The highest BCUT2D eigenvalue weighted by atomic mass is 35.5. The lowest BCUT2D eigenvalue weighted by Gasteiger charge is -2.08. The third-order valence-electron chi connectivity index (χ3n) is 0.852. The zero-order valence-corrected chi connectivity index (χ0v) is 7.11. The number of hydrogen-bond donors (Lipinski definition) is 3. The van der Waals surface area contributed by atoms with E-state index in [1.807, 2.05) is 0 Å². The molecule has 0 aliphatic carbocycles. The third kappa shape index (κ3) is 6.10. The number of carboxylic acids is 1. The number of hydrogen-bond acceptors (Lipinski definition) is 3. The molecule has 0 radical (unpaired) electrons. The quantitative estimate of drug-likeness (QED) is 0.553. The van der Waals surface area contributed by atoms with Gasteiger partial charge in [-0.3, -0.25) is 4.79 Å². The fraction of sp³-hybridized carbons (Fsp3) is 0.750. The van der Waals surface area contributed by atoms with E-state index in [1.165, 1.54) is 0 Å². The molecule has 0 heterocycles. The monoisotopic (exact) mass is 190 g/mol. The van der Waals surface area contributed by atoms with Gasteiger partial charge in [-0.05, 0) is 6.92 Å². The second kappa shape index (κ2) is 7.08. The van der Waals surface area contributed by atoms with E-state index < -0.39 is 18.1 Å². The first-order chi connectivity index (χ1) is 3.55. The minimum absolute atomic E-state index is 0. The predicted molar refractivity (Wildman–Crippen MR) is 43.8 cm³/mol. The van der Waals surface area contributed by atoms with Gasteiger partial charge in [0.05, 0.1) is 0 Å². The number of carbonyl (C=O) groups is 1. The highest BCUT2D eigenvalue weighted by molar-refractivity contribution is 5.85. The molecule has 0 bridgehead atoms. The van der Waals surface area contributed by atoms with Gasteiger partial charge in [-0.2, -0.15) is 0 Å². The van der Waals surface area contributed by atoms with Crippen LogP contribution in [0.25, 0.3) is 0 Å². The molecule has 0 amide bonds. The molecule has 0 rings (SSSR count). The van der Waals surface area contributed by atoms with E-state index in [1.54, 1.807) is 6.92 Å². The van der Waals surface area contributed by atoms with Crippen molar-refractivity contribution in [2.45, 2.75) is 19.0 Å². The van der Waals surface area contributed by atoms with Gasteiger partial charge in [0.1, 0.15) is 6.04 Å². The Hall–Kier alpha value is -0.0300. The van der Waals surface area contributed by atoms with Crippen molar-refractivity contribution < 1.29 is 9.90 Å². The average molecular weight is 191 g/mol. The van der Waals surface area contributed by atoms with Gasteiger partial charge >= 0.3 is 5.97 Å². The van der Waals surface area contributed by atoms with E-state index in [4.69, 9.17) is 16.6 Å². The average Bonchev–Trinajstić information content (AvgIpc) is 1.64. The van der Waals surface area contributed by atoms with Gasteiger partial charge in [-0.25, -0.2) is 0 Å². The summed E-state index contributed by atoms with van der Waals surface area (Å²) in [5, 5.41) is 8.15. The molecular weight excluding hydrogens is 179 g/mol. The summed E-state index contributed by atoms with van der Waals surface area (Å²) in [6.07, 6.45) is 0. The molecule has 0 fully saturated rings. The number of aliphatic carboxylic acids is 1.